The van der Waals surface area contributed by atoms with Crippen LogP contribution in [0, 0.1) is 0 Å². The molecule has 0 spiro atoms. The lowest BCUT2D eigenvalue weighted by Crippen LogP contribution is -2.49. The first-order valence-electron chi connectivity index (χ1n) is 10.5. The van der Waals surface area contributed by atoms with Crippen molar-refractivity contribution in [3.05, 3.63) is 69.6 Å². The maximum absolute atomic E-state index is 13.2. The molecule has 11 heteroatoms. The molecule has 4 aromatic rings. The Morgan fingerprint density at radius 3 is 2.65 bits per heavy atom. The quantitative estimate of drug-likeness (QED) is 0.462. The number of nitrogens with zero attached hydrogens (tertiary/aromatic N) is 5. The molecule has 1 saturated heterocycles. The number of carbonyl (C=O) groups excluding carboxylic acids is 1. The van der Waals surface area contributed by atoms with Gasteiger partial charge in [-0.05, 0) is 30.3 Å². The number of aromatic nitrogens is 3. The number of ether oxygens (including phenoxy) is 1. The van der Waals surface area contributed by atoms with Gasteiger partial charge in [0.1, 0.15) is 11.4 Å². The molecular formula is C23H20ClN5O4S. The van der Waals surface area contributed by atoms with E-state index in [1.165, 1.54) is 7.11 Å². The fourth-order valence-corrected chi connectivity index (χ4v) is 5.14. The monoisotopic (exact) mass is 497 g/mol. The van der Waals surface area contributed by atoms with Crippen LogP contribution in [0.15, 0.2) is 53.3 Å². The number of thiazole rings is 1. The number of benzene rings is 2. The average Bonchev–Trinajstić information content (AvgIpc) is 3.27. The van der Waals surface area contributed by atoms with Gasteiger partial charge in [0.25, 0.3) is 11.5 Å². The molecule has 9 nitrogen and oxygen atoms in total. The van der Waals surface area contributed by atoms with E-state index < -0.39 is 17.2 Å². The summed E-state index contributed by atoms with van der Waals surface area (Å²) in [6.07, 6.45) is 0. The lowest BCUT2D eigenvalue weighted by atomic mass is 10.2. The van der Waals surface area contributed by atoms with Gasteiger partial charge in [0.2, 0.25) is 0 Å². The van der Waals surface area contributed by atoms with Gasteiger partial charge in [-0.25, -0.2) is 4.98 Å². The second-order valence-electron chi connectivity index (χ2n) is 7.69. The molecule has 2 aromatic heterocycles. The number of carbonyl (C=O) groups is 1. The summed E-state index contributed by atoms with van der Waals surface area (Å²) in [4.78, 5) is 34.1. The van der Waals surface area contributed by atoms with Gasteiger partial charge in [0.05, 0.1) is 17.3 Å². The molecule has 0 bridgehead atoms. The highest BCUT2D eigenvalue weighted by Crippen LogP contribution is 2.31. The highest BCUT2D eigenvalue weighted by molar-refractivity contribution is 7.22. The second kappa shape index (κ2) is 8.96. The van der Waals surface area contributed by atoms with E-state index in [0.717, 1.165) is 26.1 Å². The van der Waals surface area contributed by atoms with Crippen LogP contribution in [0.2, 0.25) is 5.02 Å². The molecule has 1 fully saturated rings. The lowest BCUT2D eigenvalue weighted by molar-refractivity contribution is 0.0735. The molecule has 3 heterocycles. The van der Waals surface area contributed by atoms with E-state index in [1.54, 1.807) is 40.5 Å². The van der Waals surface area contributed by atoms with Crippen molar-refractivity contribution in [1.29, 1.82) is 0 Å². The number of aromatic hydroxyl groups is 1. The number of para-hydroxylation sites is 2. The molecule has 174 valence electrons. The van der Waals surface area contributed by atoms with Crippen LogP contribution in [0.1, 0.15) is 10.5 Å². The predicted molar refractivity (Wildman–Crippen MR) is 131 cm³/mol. The zero-order valence-electron chi connectivity index (χ0n) is 18.1. The summed E-state index contributed by atoms with van der Waals surface area (Å²) >= 11 is 7.64. The van der Waals surface area contributed by atoms with Gasteiger partial charge in [-0.15, -0.1) is 0 Å². The number of hydrogen-bond donors (Lipinski definition) is 1. The van der Waals surface area contributed by atoms with E-state index in [2.05, 4.69) is 15.0 Å². The molecule has 5 rings (SSSR count). The van der Waals surface area contributed by atoms with Crippen LogP contribution in [0.25, 0.3) is 15.9 Å². The minimum Gasteiger partial charge on any atom is -0.505 e. The fraction of sp³-hybridized carbons (Fsp3) is 0.217. The number of halogens is 1. The molecule has 0 unspecified atom stereocenters. The number of piperazine rings is 1. The molecule has 1 amide bonds. The van der Waals surface area contributed by atoms with Crippen LogP contribution in [-0.2, 0) is 0 Å². The van der Waals surface area contributed by atoms with Crippen LogP contribution in [-0.4, -0.2) is 64.0 Å². The van der Waals surface area contributed by atoms with Crippen molar-refractivity contribution in [3.63, 3.8) is 0 Å². The van der Waals surface area contributed by atoms with Gasteiger partial charge < -0.3 is 19.6 Å². The van der Waals surface area contributed by atoms with Gasteiger partial charge in [0.15, 0.2) is 16.6 Å². The smallest absolute Gasteiger partial charge is 0.278 e. The summed E-state index contributed by atoms with van der Waals surface area (Å²) in [7, 11) is 1.48. The normalized spacial score (nSPS) is 13.9. The average molecular weight is 498 g/mol. The third-order valence-corrected chi connectivity index (χ3v) is 6.92. The number of rotatable bonds is 4. The molecular weight excluding hydrogens is 478 g/mol. The number of methoxy groups -OCH3 is 1. The molecule has 1 N–H and O–H groups in total. The topological polar surface area (TPSA) is 101 Å². The summed E-state index contributed by atoms with van der Waals surface area (Å²) < 4.78 is 7.38. The minimum atomic E-state index is -0.570. The first kappa shape index (κ1) is 22.2. The molecule has 0 saturated carbocycles. The molecule has 34 heavy (non-hydrogen) atoms. The Kier molecular flexibility index (Phi) is 5.84. The molecule has 0 atom stereocenters. The molecule has 0 aliphatic carbocycles. The van der Waals surface area contributed by atoms with Gasteiger partial charge in [-0.2, -0.15) is 9.78 Å². The van der Waals surface area contributed by atoms with E-state index in [0.29, 0.717) is 42.6 Å². The van der Waals surface area contributed by atoms with Crippen molar-refractivity contribution >= 4 is 44.2 Å². The van der Waals surface area contributed by atoms with Crippen molar-refractivity contribution in [2.24, 2.45) is 0 Å². The maximum Gasteiger partial charge on any atom is 0.278 e. The van der Waals surface area contributed by atoms with Crippen LogP contribution in [0.5, 0.6) is 11.5 Å². The number of hydrogen-bond acceptors (Lipinski definition) is 8. The van der Waals surface area contributed by atoms with Crippen LogP contribution in [0.3, 0.4) is 0 Å². The Bertz CT molecular complexity index is 1450. The van der Waals surface area contributed by atoms with E-state index in [-0.39, 0.29) is 5.69 Å². The van der Waals surface area contributed by atoms with Crippen LogP contribution in [0.4, 0.5) is 5.13 Å². The van der Waals surface area contributed by atoms with Crippen molar-refractivity contribution in [2.45, 2.75) is 0 Å². The highest BCUT2D eigenvalue weighted by atomic mass is 35.5. The zero-order chi connectivity index (χ0) is 23.8. The van der Waals surface area contributed by atoms with Crippen molar-refractivity contribution in [1.82, 2.24) is 19.7 Å². The first-order valence-corrected chi connectivity index (χ1v) is 11.7. The standard InChI is InChI=1S/C23H20ClN5O4S/c1-33-18-5-3-2-4-16(18)29-20(31)13-17(30)21(26-29)22(32)27-8-10-28(11-9-27)23-25-15-7-6-14(24)12-19(15)34-23/h2-7,12-13,30H,8-11H2,1H3. The summed E-state index contributed by atoms with van der Waals surface area (Å²) in [5, 5.41) is 16.1. The van der Waals surface area contributed by atoms with Crippen molar-refractivity contribution in [2.75, 3.05) is 38.2 Å². The predicted octanol–water partition coefficient (Wildman–Crippen LogP) is 3.17. The number of anilines is 1. The Morgan fingerprint density at radius 2 is 1.88 bits per heavy atom. The Hall–Kier alpha value is -3.63. The highest BCUT2D eigenvalue weighted by Gasteiger charge is 2.27. The largest absolute Gasteiger partial charge is 0.505 e. The van der Waals surface area contributed by atoms with Crippen molar-refractivity contribution < 1.29 is 14.6 Å². The first-order chi connectivity index (χ1) is 16.4. The molecule has 0 radical (unpaired) electrons. The van der Waals surface area contributed by atoms with E-state index in [4.69, 9.17) is 16.3 Å². The Morgan fingerprint density at radius 1 is 1.12 bits per heavy atom. The molecule has 1 aliphatic heterocycles. The van der Waals surface area contributed by atoms with Gasteiger partial charge in [0, 0.05) is 37.3 Å². The van der Waals surface area contributed by atoms with E-state index in [9.17, 15) is 14.7 Å². The SMILES string of the molecule is COc1ccccc1-n1nc(C(=O)N2CCN(c3nc4ccc(Cl)cc4s3)CC2)c(O)cc1=O. The van der Waals surface area contributed by atoms with Crippen molar-refractivity contribution in [3.8, 4) is 17.2 Å². The Balaban J connectivity index is 1.36. The lowest BCUT2D eigenvalue weighted by Gasteiger charge is -2.34. The third-order valence-electron chi connectivity index (χ3n) is 5.60. The van der Waals surface area contributed by atoms with Crippen LogP contribution >= 0.6 is 22.9 Å². The Labute approximate surface area is 203 Å². The second-order valence-corrected chi connectivity index (χ2v) is 9.13. The number of fused-ring (bicyclic) bond motifs is 1. The summed E-state index contributed by atoms with van der Waals surface area (Å²) in [5.74, 6) is -0.476. The summed E-state index contributed by atoms with van der Waals surface area (Å²) in [5.41, 5.74) is 0.508. The molecule has 2 aromatic carbocycles. The summed E-state index contributed by atoms with van der Waals surface area (Å²) in [6, 6.07) is 13.4. The maximum atomic E-state index is 13.2. The zero-order valence-corrected chi connectivity index (χ0v) is 19.7. The summed E-state index contributed by atoms with van der Waals surface area (Å²) in [6.45, 7) is 1.99. The van der Waals surface area contributed by atoms with Gasteiger partial charge in [-0.3, -0.25) is 9.59 Å². The minimum absolute atomic E-state index is 0.186. The number of amides is 1. The van der Waals surface area contributed by atoms with E-state index >= 15 is 0 Å². The van der Waals surface area contributed by atoms with E-state index in [1.807, 2.05) is 18.2 Å². The third kappa shape index (κ3) is 4.06. The fourth-order valence-electron chi connectivity index (χ4n) is 3.85. The van der Waals surface area contributed by atoms with Gasteiger partial charge in [-0.1, -0.05) is 35.1 Å². The van der Waals surface area contributed by atoms with Crippen LogP contribution < -0.4 is 15.2 Å². The van der Waals surface area contributed by atoms with Gasteiger partial charge >= 0.3 is 0 Å². The molecule has 1 aliphatic rings.